The molecule has 1 unspecified atom stereocenters. The molecule has 24 heavy (non-hydrogen) atoms. The minimum absolute atomic E-state index is 0.114. The van der Waals surface area contributed by atoms with Crippen LogP contribution in [0.2, 0.25) is 0 Å². The first-order chi connectivity index (χ1) is 11.4. The van der Waals surface area contributed by atoms with Crippen LogP contribution in [0.4, 0.5) is 4.39 Å². The molecule has 2 aromatic rings. The molecule has 0 aliphatic heterocycles. The third-order valence-corrected chi connectivity index (χ3v) is 3.85. The molecule has 2 rings (SSSR count). The van der Waals surface area contributed by atoms with Gasteiger partial charge in [-0.3, -0.25) is 9.59 Å². The first kappa shape index (κ1) is 17.7. The molecule has 128 valence electrons. The van der Waals surface area contributed by atoms with Gasteiger partial charge in [-0.25, -0.2) is 9.37 Å². The molecular weight excluding hydrogens is 311 g/mol. The van der Waals surface area contributed by atoms with E-state index in [0.29, 0.717) is 0 Å². The minimum atomic E-state index is -0.324. The van der Waals surface area contributed by atoms with E-state index in [2.05, 4.69) is 15.6 Å². The zero-order valence-electron chi connectivity index (χ0n) is 14.0. The Bertz CT molecular complexity index is 725. The van der Waals surface area contributed by atoms with E-state index in [0.717, 1.165) is 17.0 Å². The molecule has 0 spiro atoms. The molecule has 0 aliphatic rings. The van der Waals surface area contributed by atoms with Crippen LogP contribution in [-0.4, -0.2) is 27.9 Å². The SMILES string of the molecule is Cc1ncn(CC(=O)NCC(=O)NC(C)c2ccc(F)cc2)c1C. The summed E-state index contributed by atoms with van der Waals surface area (Å²) in [5.41, 5.74) is 2.58. The van der Waals surface area contributed by atoms with Crippen molar-refractivity contribution in [3.63, 3.8) is 0 Å². The first-order valence-corrected chi connectivity index (χ1v) is 7.66. The Morgan fingerprint density at radius 3 is 2.46 bits per heavy atom. The van der Waals surface area contributed by atoms with Crippen molar-refractivity contribution >= 4 is 11.8 Å². The number of rotatable bonds is 6. The molecule has 1 heterocycles. The Balaban J connectivity index is 1.79. The number of carbonyl (C=O) groups is 2. The lowest BCUT2D eigenvalue weighted by molar-refractivity contribution is -0.126. The second-order valence-corrected chi connectivity index (χ2v) is 5.66. The fourth-order valence-electron chi connectivity index (χ4n) is 2.22. The predicted octanol–water partition coefficient (Wildman–Crippen LogP) is 1.63. The van der Waals surface area contributed by atoms with Crippen molar-refractivity contribution in [1.29, 1.82) is 0 Å². The van der Waals surface area contributed by atoms with E-state index in [4.69, 9.17) is 0 Å². The average molecular weight is 332 g/mol. The first-order valence-electron chi connectivity index (χ1n) is 7.66. The summed E-state index contributed by atoms with van der Waals surface area (Å²) in [4.78, 5) is 27.9. The lowest BCUT2D eigenvalue weighted by atomic mass is 10.1. The summed E-state index contributed by atoms with van der Waals surface area (Å²) in [6.45, 7) is 5.55. The van der Waals surface area contributed by atoms with Gasteiger partial charge >= 0.3 is 0 Å². The third-order valence-electron chi connectivity index (χ3n) is 3.85. The van der Waals surface area contributed by atoms with Crippen LogP contribution in [-0.2, 0) is 16.1 Å². The predicted molar refractivity (Wildman–Crippen MR) is 87.7 cm³/mol. The molecule has 1 atom stereocenters. The number of carbonyl (C=O) groups excluding carboxylic acids is 2. The Kier molecular flexibility index (Phi) is 5.68. The lowest BCUT2D eigenvalue weighted by Gasteiger charge is -2.15. The molecule has 2 amide bonds. The largest absolute Gasteiger partial charge is 0.348 e. The van der Waals surface area contributed by atoms with E-state index in [1.807, 2.05) is 13.8 Å². The maximum absolute atomic E-state index is 12.9. The standard InChI is InChI=1S/C17H21FN4O2/c1-11-13(3)22(10-20-11)9-17(24)19-8-16(23)21-12(2)14-4-6-15(18)7-5-14/h4-7,10,12H,8-9H2,1-3H3,(H,19,24)(H,21,23). The van der Waals surface area contributed by atoms with Gasteiger partial charge in [0.2, 0.25) is 11.8 Å². The number of nitrogens with zero attached hydrogens (tertiary/aromatic N) is 2. The smallest absolute Gasteiger partial charge is 0.240 e. The van der Waals surface area contributed by atoms with E-state index in [-0.39, 0.29) is 36.8 Å². The number of nitrogens with one attached hydrogen (secondary N) is 2. The Labute approximate surface area is 140 Å². The molecule has 0 saturated carbocycles. The van der Waals surface area contributed by atoms with Gasteiger partial charge in [0.1, 0.15) is 12.4 Å². The van der Waals surface area contributed by atoms with Crippen molar-refractivity contribution in [2.45, 2.75) is 33.4 Å². The topological polar surface area (TPSA) is 76.0 Å². The molecule has 6 nitrogen and oxygen atoms in total. The molecule has 0 bridgehead atoms. The van der Waals surface area contributed by atoms with Crippen molar-refractivity contribution in [1.82, 2.24) is 20.2 Å². The van der Waals surface area contributed by atoms with Gasteiger partial charge in [0.25, 0.3) is 0 Å². The van der Waals surface area contributed by atoms with E-state index in [9.17, 15) is 14.0 Å². The van der Waals surface area contributed by atoms with Crippen molar-refractivity contribution in [2.24, 2.45) is 0 Å². The van der Waals surface area contributed by atoms with Crippen LogP contribution in [0.1, 0.15) is 29.9 Å². The highest BCUT2D eigenvalue weighted by molar-refractivity contribution is 5.84. The van der Waals surface area contributed by atoms with Crippen LogP contribution in [0.15, 0.2) is 30.6 Å². The number of benzene rings is 1. The summed E-state index contributed by atoms with van der Waals surface area (Å²) < 4.78 is 14.6. The summed E-state index contributed by atoms with van der Waals surface area (Å²) in [6, 6.07) is 5.64. The summed E-state index contributed by atoms with van der Waals surface area (Å²) in [6.07, 6.45) is 1.60. The number of amides is 2. The number of aryl methyl sites for hydroxylation is 1. The molecule has 0 saturated heterocycles. The zero-order valence-corrected chi connectivity index (χ0v) is 14.0. The van der Waals surface area contributed by atoms with Crippen LogP contribution in [0.3, 0.4) is 0 Å². The van der Waals surface area contributed by atoms with E-state index in [1.165, 1.54) is 12.1 Å². The second kappa shape index (κ2) is 7.72. The molecule has 1 aromatic heterocycles. The van der Waals surface area contributed by atoms with Crippen LogP contribution < -0.4 is 10.6 Å². The molecule has 0 fully saturated rings. The maximum atomic E-state index is 12.9. The molecule has 0 aliphatic carbocycles. The summed E-state index contributed by atoms with van der Waals surface area (Å²) >= 11 is 0. The lowest BCUT2D eigenvalue weighted by Crippen LogP contribution is -2.39. The zero-order chi connectivity index (χ0) is 17.7. The van der Waals surface area contributed by atoms with Gasteiger partial charge in [-0.1, -0.05) is 12.1 Å². The summed E-state index contributed by atoms with van der Waals surface area (Å²) in [5.74, 6) is -0.895. The highest BCUT2D eigenvalue weighted by Gasteiger charge is 2.12. The fraction of sp³-hybridized carbons (Fsp3) is 0.353. The second-order valence-electron chi connectivity index (χ2n) is 5.66. The minimum Gasteiger partial charge on any atom is -0.348 e. The number of halogens is 1. The third kappa shape index (κ3) is 4.65. The fourth-order valence-corrected chi connectivity index (χ4v) is 2.22. The van der Waals surface area contributed by atoms with Crippen LogP contribution in [0.25, 0.3) is 0 Å². The highest BCUT2D eigenvalue weighted by atomic mass is 19.1. The Morgan fingerprint density at radius 2 is 1.88 bits per heavy atom. The monoisotopic (exact) mass is 332 g/mol. The molecular formula is C17H21FN4O2. The van der Waals surface area contributed by atoms with E-state index < -0.39 is 0 Å². The van der Waals surface area contributed by atoms with Gasteiger partial charge in [0, 0.05) is 5.69 Å². The molecule has 0 radical (unpaired) electrons. The van der Waals surface area contributed by atoms with Gasteiger partial charge in [-0.15, -0.1) is 0 Å². The van der Waals surface area contributed by atoms with Gasteiger partial charge in [-0.05, 0) is 38.5 Å². The number of imidazole rings is 1. The van der Waals surface area contributed by atoms with Crippen LogP contribution in [0.5, 0.6) is 0 Å². The van der Waals surface area contributed by atoms with E-state index >= 15 is 0 Å². The number of hydrogen-bond acceptors (Lipinski definition) is 3. The van der Waals surface area contributed by atoms with Crippen LogP contribution >= 0.6 is 0 Å². The average Bonchev–Trinajstić information content (AvgIpc) is 2.85. The summed E-state index contributed by atoms with van der Waals surface area (Å²) in [7, 11) is 0. The molecule has 1 aromatic carbocycles. The quantitative estimate of drug-likeness (QED) is 0.844. The number of aromatic nitrogens is 2. The molecule has 2 N–H and O–H groups in total. The van der Waals surface area contributed by atoms with Gasteiger partial charge in [0.15, 0.2) is 0 Å². The van der Waals surface area contributed by atoms with Gasteiger partial charge in [-0.2, -0.15) is 0 Å². The molecule has 7 heteroatoms. The highest BCUT2D eigenvalue weighted by Crippen LogP contribution is 2.12. The van der Waals surface area contributed by atoms with Crippen molar-refractivity contribution in [3.05, 3.63) is 53.4 Å². The van der Waals surface area contributed by atoms with Crippen molar-refractivity contribution < 1.29 is 14.0 Å². The number of hydrogen-bond donors (Lipinski definition) is 2. The van der Waals surface area contributed by atoms with Crippen molar-refractivity contribution in [2.75, 3.05) is 6.54 Å². The van der Waals surface area contributed by atoms with Gasteiger partial charge < -0.3 is 15.2 Å². The normalized spacial score (nSPS) is 11.8. The van der Waals surface area contributed by atoms with Crippen LogP contribution in [0, 0.1) is 19.7 Å². The Hall–Kier alpha value is -2.70. The van der Waals surface area contributed by atoms with Crippen molar-refractivity contribution in [3.8, 4) is 0 Å². The Morgan fingerprint density at radius 1 is 1.21 bits per heavy atom. The summed E-state index contributed by atoms with van der Waals surface area (Å²) in [5, 5.41) is 5.33. The van der Waals surface area contributed by atoms with E-state index in [1.54, 1.807) is 30.0 Å². The maximum Gasteiger partial charge on any atom is 0.240 e. The van der Waals surface area contributed by atoms with Gasteiger partial charge in [0.05, 0.1) is 24.6 Å².